The van der Waals surface area contributed by atoms with Crippen LogP contribution in [0.3, 0.4) is 0 Å². The summed E-state index contributed by atoms with van der Waals surface area (Å²) in [6.45, 7) is 20.0. The third kappa shape index (κ3) is 6.99. The molecule has 1 N–H and O–H groups in total. The van der Waals surface area contributed by atoms with Crippen LogP contribution >= 0.6 is 0 Å². The van der Waals surface area contributed by atoms with Gasteiger partial charge >= 0.3 is 6.09 Å². The molecule has 0 fully saturated rings. The molecule has 4 unspecified atom stereocenters. The molecule has 0 saturated heterocycles. The van der Waals surface area contributed by atoms with Crippen LogP contribution in [0.2, 0.25) is 18.1 Å². The molecule has 7 heteroatoms. The number of rotatable bonds is 8. The van der Waals surface area contributed by atoms with E-state index >= 15 is 0 Å². The zero-order valence-corrected chi connectivity index (χ0v) is 21.0. The molecule has 0 spiro atoms. The van der Waals surface area contributed by atoms with Crippen molar-refractivity contribution in [2.45, 2.75) is 77.4 Å². The number of carbonyl (C=O) groups is 1. The van der Waals surface area contributed by atoms with Gasteiger partial charge in [0.1, 0.15) is 16.0 Å². The summed E-state index contributed by atoms with van der Waals surface area (Å²) in [4.78, 5) is 12.7. The first kappa shape index (κ1) is 25.4. The van der Waals surface area contributed by atoms with Gasteiger partial charge < -0.3 is 4.74 Å². The van der Waals surface area contributed by atoms with Gasteiger partial charge in [0.15, 0.2) is 8.24 Å². The van der Waals surface area contributed by atoms with E-state index in [0.29, 0.717) is 6.42 Å². The van der Waals surface area contributed by atoms with Crippen LogP contribution in [-0.2, 0) is 14.7 Å². The van der Waals surface area contributed by atoms with E-state index in [-0.39, 0.29) is 16.2 Å². The normalized spacial score (nSPS) is 17.4. The second-order valence-corrected chi connectivity index (χ2v) is 16.7. The van der Waals surface area contributed by atoms with Crippen molar-refractivity contribution in [3.05, 3.63) is 48.6 Å². The highest BCUT2D eigenvalue weighted by atomic mass is 32.2. The molecule has 1 rings (SSSR count). The van der Waals surface area contributed by atoms with E-state index in [2.05, 4.69) is 45.2 Å². The zero-order chi connectivity index (χ0) is 22.5. The average Bonchev–Trinajstić information content (AvgIpc) is 2.60. The molecule has 0 saturated carbocycles. The first-order valence-electron chi connectivity index (χ1n) is 10.1. The Bertz CT molecular complexity index is 809. The molecule has 1 aromatic rings. The Labute approximate surface area is 178 Å². The van der Waals surface area contributed by atoms with Gasteiger partial charge in [-0.1, -0.05) is 64.1 Å². The Hall–Kier alpha value is -1.60. The van der Waals surface area contributed by atoms with Gasteiger partial charge in [-0.25, -0.2) is 13.7 Å². The Balaban J connectivity index is 3.22. The molecule has 0 aliphatic rings. The molecule has 0 aromatic heterocycles. The largest absolute Gasteiger partial charge is 0.441 e. The first-order valence-corrected chi connectivity index (χ1v) is 14.7. The molecule has 4 atom stereocenters. The summed E-state index contributed by atoms with van der Waals surface area (Å²) < 4.78 is 27.1. The van der Waals surface area contributed by atoms with E-state index in [1.54, 1.807) is 6.92 Å². The lowest BCUT2D eigenvalue weighted by molar-refractivity contribution is 0.113. The molecule has 0 bridgehead atoms. The summed E-state index contributed by atoms with van der Waals surface area (Å²) in [5.41, 5.74) is 0.878. The predicted octanol–water partition coefficient (Wildman–Crippen LogP) is 6.46. The first-order chi connectivity index (χ1) is 13.2. The van der Waals surface area contributed by atoms with Crippen molar-refractivity contribution >= 4 is 24.2 Å². The quantitative estimate of drug-likeness (QED) is 0.374. The topological polar surface area (TPSA) is 67.8 Å². The number of carbonyl (C=O) groups excluding carboxylic acids is 1. The SMILES string of the molecule is C=CCC(C)C(C)S(=O)(=N[Si](C)(C)C(C)(C)C)NC(=O)OC(C)c1ccccc1. The van der Waals surface area contributed by atoms with Crippen molar-refractivity contribution in [1.82, 2.24) is 4.72 Å². The summed E-state index contributed by atoms with van der Waals surface area (Å²) in [7, 11) is -5.33. The minimum atomic E-state index is -3.04. The molecule has 0 aliphatic carbocycles. The lowest BCUT2D eigenvalue weighted by Crippen LogP contribution is -2.45. The maximum Gasteiger partial charge on any atom is 0.420 e. The van der Waals surface area contributed by atoms with E-state index in [4.69, 9.17) is 8.77 Å². The van der Waals surface area contributed by atoms with Crippen LogP contribution in [0, 0.1) is 5.92 Å². The third-order valence-electron chi connectivity index (χ3n) is 5.83. The Morgan fingerprint density at radius 3 is 2.28 bits per heavy atom. The van der Waals surface area contributed by atoms with E-state index < -0.39 is 30.3 Å². The number of hydrogen-bond acceptors (Lipinski definition) is 4. The van der Waals surface area contributed by atoms with Gasteiger partial charge in [-0.2, -0.15) is 0 Å². The van der Waals surface area contributed by atoms with Crippen LogP contribution in [0.15, 0.2) is 47.0 Å². The van der Waals surface area contributed by atoms with E-state index in [0.717, 1.165) is 5.56 Å². The van der Waals surface area contributed by atoms with Crippen LogP contribution in [0.4, 0.5) is 4.79 Å². The number of benzene rings is 1. The summed E-state index contributed by atoms with van der Waals surface area (Å²) in [5, 5.41) is -0.436. The van der Waals surface area contributed by atoms with Gasteiger partial charge in [0.05, 0.1) is 5.25 Å². The fourth-order valence-corrected chi connectivity index (χ4v) is 8.41. The monoisotopic (exact) mass is 438 g/mol. The van der Waals surface area contributed by atoms with E-state index in [9.17, 15) is 9.00 Å². The smallest absolute Gasteiger partial charge is 0.420 e. The number of hydrogen-bond donors (Lipinski definition) is 1. The molecule has 29 heavy (non-hydrogen) atoms. The fraction of sp³-hybridized carbons (Fsp3) is 0.591. The van der Waals surface area contributed by atoms with Gasteiger partial charge in [-0.3, -0.25) is 4.03 Å². The highest BCUT2D eigenvalue weighted by Crippen LogP contribution is 2.38. The maximum atomic E-state index is 14.0. The van der Waals surface area contributed by atoms with E-state index in [1.165, 1.54) is 0 Å². The molecule has 0 aliphatic heterocycles. The molecule has 164 valence electrons. The number of ether oxygens (including phenoxy) is 1. The highest BCUT2D eigenvalue weighted by molar-refractivity contribution is 7.93. The molecular formula is C22H38N2O3SSi. The predicted molar refractivity (Wildman–Crippen MR) is 126 cm³/mol. The van der Waals surface area contributed by atoms with Gasteiger partial charge in [0.2, 0.25) is 0 Å². The number of nitrogens with one attached hydrogen (secondary N) is 1. The highest BCUT2D eigenvalue weighted by Gasteiger charge is 2.39. The van der Waals surface area contributed by atoms with Crippen LogP contribution in [0.25, 0.3) is 0 Å². The van der Waals surface area contributed by atoms with Crippen molar-refractivity contribution in [3.63, 3.8) is 0 Å². The van der Waals surface area contributed by atoms with Gasteiger partial charge in [0.25, 0.3) is 0 Å². The standard InChI is InChI=1S/C22H38N2O3SSi/c1-10-14-17(2)19(4)28(26,24-29(8,9)22(5,6)7)23-21(25)27-18(3)20-15-12-11-13-16-20/h10-13,15-19H,1,14H2,2-9H3,(H,23,24,25,26). The van der Waals surface area contributed by atoms with Crippen molar-refractivity contribution in [2.75, 3.05) is 0 Å². The average molecular weight is 439 g/mol. The lowest BCUT2D eigenvalue weighted by atomic mass is 10.1. The number of allylic oxidation sites excluding steroid dienone is 1. The van der Waals surface area contributed by atoms with Crippen molar-refractivity contribution < 1.29 is 13.7 Å². The molecule has 1 amide bonds. The van der Waals surface area contributed by atoms with Gasteiger partial charge in [-0.05, 0) is 49.9 Å². The van der Waals surface area contributed by atoms with Crippen molar-refractivity contribution in [1.29, 1.82) is 0 Å². The molecule has 0 radical (unpaired) electrons. The summed E-state index contributed by atoms with van der Waals surface area (Å²) in [6, 6.07) is 9.47. The van der Waals surface area contributed by atoms with Crippen LogP contribution in [-0.4, -0.2) is 23.8 Å². The van der Waals surface area contributed by atoms with E-state index in [1.807, 2.05) is 50.3 Å². The van der Waals surface area contributed by atoms with Gasteiger partial charge in [-0.15, -0.1) is 6.58 Å². The Morgan fingerprint density at radius 1 is 1.24 bits per heavy atom. The second-order valence-electron chi connectivity index (χ2n) is 9.24. The van der Waals surface area contributed by atoms with Crippen molar-refractivity contribution in [3.8, 4) is 0 Å². The summed E-state index contributed by atoms with van der Waals surface area (Å²) in [6.07, 6.45) is 1.35. The van der Waals surface area contributed by atoms with Crippen LogP contribution in [0.1, 0.15) is 59.6 Å². The summed E-state index contributed by atoms with van der Waals surface area (Å²) in [5.74, 6) is 0.0559. The van der Waals surface area contributed by atoms with Crippen LogP contribution in [0.5, 0.6) is 0 Å². The molecular weight excluding hydrogens is 400 g/mol. The minimum Gasteiger partial charge on any atom is -0.441 e. The molecule has 0 heterocycles. The molecule has 5 nitrogen and oxygen atoms in total. The maximum absolute atomic E-state index is 14.0. The molecule has 1 aromatic carbocycles. The zero-order valence-electron chi connectivity index (χ0n) is 19.2. The van der Waals surface area contributed by atoms with Crippen molar-refractivity contribution in [2.24, 2.45) is 9.95 Å². The van der Waals surface area contributed by atoms with Crippen LogP contribution < -0.4 is 4.72 Å². The lowest BCUT2D eigenvalue weighted by Gasteiger charge is -2.35. The third-order valence-corrected chi connectivity index (χ3v) is 14.3. The Kier molecular flexibility index (Phi) is 8.71. The number of nitrogens with zero attached hydrogens (tertiary/aromatic N) is 1. The fourth-order valence-electron chi connectivity index (χ4n) is 2.54. The Morgan fingerprint density at radius 2 is 1.79 bits per heavy atom. The summed E-state index contributed by atoms with van der Waals surface area (Å²) >= 11 is 0. The minimum absolute atomic E-state index is 0.0559. The van der Waals surface area contributed by atoms with Gasteiger partial charge in [0, 0.05) is 0 Å². The number of amides is 1. The second kappa shape index (κ2) is 9.94.